The molecule has 1 aliphatic heterocycles. The lowest BCUT2D eigenvalue weighted by molar-refractivity contribution is -0.140. The molecule has 3 heteroatoms. The SMILES string of the molecule is CC1(C)CN(C2CCCCCC2)CCC1CC(=O)O. The molecule has 0 aromatic heterocycles. The zero-order valence-corrected chi connectivity index (χ0v) is 12.5. The maximum atomic E-state index is 11.0. The van der Waals surface area contributed by atoms with Gasteiger partial charge in [0, 0.05) is 19.0 Å². The molecule has 0 spiro atoms. The van der Waals surface area contributed by atoms with E-state index in [-0.39, 0.29) is 5.41 Å². The minimum absolute atomic E-state index is 0.142. The van der Waals surface area contributed by atoms with Gasteiger partial charge in [-0.2, -0.15) is 0 Å². The van der Waals surface area contributed by atoms with Crippen molar-refractivity contribution in [1.82, 2.24) is 4.90 Å². The van der Waals surface area contributed by atoms with E-state index in [1.807, 2.05) is 0 Å². The van der Waals surface area contributed by atoms with E-state index in [4.69, 9.17) is 5.11 Å². The molecule has 1 atom stereocenters. The molecule has 1 saturated heterocycles. The number of aliphatic carboxylic acids is 1. The average Bonchev–Trinajstić information content (AvgIpc) is 2.59. The molecule has 0 amide bonds. The number of carboxylic acid groups (broad SMARTS) is 1. The molecule has 2 aliphatic rings. The topological polar surface area (TPSA) is 40.5 Å². The van der Waals surface area contributed by atoms with E-state index < -0.39 is 5.97 Å². The minimum atomic E-state index is -0.638. The fourth-order valence-electron chi connectivity index (χ4n) is 3.97. The van der Waals surface area contributed by atoms with Gasteiger partial charge in [-0.15, -0.1) is 0 Å². The van der Waals surface area contributed by atoms with Crippen molar-refractivity contribution in [3.05, 3.63) is 0 Å². The van der Waals surface area contributed by atoms with E-state index in [1.165, 1.54) is 38.5 Å². The van der Waals surface area contributed by atoms with Crippen LogP contribution in [0.2, 0.25) is 0 Å². The number of hydrogen-bond acceptors (Lipinski definition) is 2. The van der Waals surface area contributed by atoms with Gasteiger partial charge < -0.3 is 5.11 Å². The fourth-order valence-corrected chi connectivity index (χ4v) is 3.97. The van der Waals surface area contributed by atoms with Gasteiger partial charge >= 0.3 is 5.97 Å². The number of carboxylic acids is 1. The zero-order chi connectivity index (χ0) is 13.9. The normalized spacial score (nSPS) is 29.9. The summed E-state index contributed by atoms with van der Waals surface area (Å²) in [6.45, 7) is 6.69. The molecule has 2 rings (SSSR count). The Kier molecular flexibility index (Phi) is 4.88. The molecule has 110 valence electrons. The molecule has 1 N–H and O–H groups in total. The van der Waals surface area contributed by atoms with Crippen molar-refractivity contribution < 1.29 is 9.90 Å². The van der Waals surface area contributed by atoms with E-state index in [0.29, 0.717) is 12.3 Å². The Labute approximate surface area is 117 Å². The number of hydrogen-bond donors (Lipinski definition) is 1. The smallest absolute Gasteiger partial charge is 0.303 e. The Morgan fingerprint density at radius 1 is 1.16 bits per heavy atom. The molecule has 3 nitrogen and oxygen atoms in total. The van der Waals surface area contributed by atoms with E-state index in [1.54, 1.807) is 0 Å². The summed E-state index contributed by atoms with van der Waals surface area (Å²) in [5, 5.41) is 9.04. The summed E-state index contributed by atoms with van der Waals surface area (Å²) in [6, 6.07) is 0.757. The summed E-state index contributed by atoms with van der Waals surface area (Å²) in [6.07, 6.45) is 9.63. The molecule has 1 aliphatic carbocycles. The van der Waals surface area contributed by atoms with Gasteiger partial charge in [-0.05, 0) is 37.1 Å². The van der Waals surface area contributed by atoms with Gasteiger partial charge in [-0.1, -0.05) is 39.5 Å². The molecule has 0 aromatic rings. The van der Waals surface area contributed by atoms with Crippen molar-refractivity contribution >= 4 is 5.97 Å². The van der Waals surface area contributed by atoms with Gasteiger partial charge in [0.15, 0.2) is 0 Å². The fraction of sp³-hybridized carbons (Fsp3) is 0.938. The summed E-state index contributed by atoms with van der Waals surface area (Å²) in [7, 11) is 0. The van der Waals surface area contributed by atoms with Crippen LogP contribution in [0, 0.1) is 11.3 Å². The first-order valence-corrected chi connectivity index (χ1v) is 7.95. The highest BCUT2D eigenvalue weighted by atomic mass is 16.4. The molecule has 1 heterocycles. The lowest BCUT2D eigenvalue weighted by Crippen LogP contribution is -2.50. The third kappa shape index (κ3) is 3.95. The highest BCUT2D eigenvalue weighted by molar-refractivity contribution is 5.67. The summed E-state index contributed by atoms with van der Waals surface area (Å²) < 4.78 is 0. The predicted molar refractivity (Wildman–Crippen MR) is 77.2 cm³/mol. The molecule has 19 heavy (non-hydrogen) atoms. The summed E-state index contributed by atoms with van der Waals surface area (Å²) in [5.41, 5.74) is 0.142. The van der Waals surface area contributed by atoms with Gasteiger partial charge in [0.05, 0.1) is 0 Å². The molecule has 1 unspecified atom stereocenters. The third-order valence-electron chi connectivity index (χ3n) is 5.24. The van der Waals surface area contributed by atoms with Crippen molar-refractivity contribution in [2.75, 3.05) is 13.1 Å². The molecule has 0 aromatic carbocycles. The van der Waals surface area contributed by atoms with Crippen molar-refractivity contribution in [2.24, 2.45) is 11.3 Å². The summed E-state index contributed by atoms with van der Waals surface area (Å²) in [5.74, 6) is -0.298. The van der Waals surface area contributed by atoms with Crippen LogP contribution in [-0.4, -0.2) is 35.1 Å². The molecule has 0 bridgehead atoms. The highest BCUT2D eigenvalue weighted by Gasteiger charge is 2.38. The van der Waals surface area contributed by atoms with Crippen molar-refractivity contribution in [3.63, 3.8) is 0 Å². The van der Waals surface area contributed by atoms with Gasteiger partial charge in [-0.25, -0.2) is 0 Å². The second-order valence-corrected chi connectivity index (χ2v) is 7.19. The molecular formula is C16H29NO2. The zero-order valence-electron chi connectivity index (χ0n) is 12.5. The van der Waals surface area contributed by atoms with Crippen LogP contribution in [0.5, 0.6) is 0 Å². The van der Waals surface area contributed by atoms with Crippen molar-refractivity contribution in [1.29, 1.82) is 0 Å². The van der Waals surface area contributed by atoms with E-state index in [2.05, 4.69) is 18.7 Å². The lowest BCUT2D eigenvalue weighted by atomic mass is 9.72. The largest absolute Gasteiger partial charge is 0.481 e. The second-order valence-electron chi connectivity index (χ2n) is 7.19. The maximum absolute atomic E-state index is 11.0. The van der Waals surface area contributed by atoms with Crippen LogP contribution < -0.4 is 0 Å². The summed E-state index contributed by atoms with van der Waals surface area (Å²) >= 11 is 0. The first-order valence-electron chi connectivity index (χ1n) is 7.95. The number of carbonyl (C=O) groups is 1. The Morgan fingerprint density at radius 3 is 2.32 bits per heavy atom. The number of nitrogens with zero attached hydrogens (tertiary/aromatic N) is 1. The van der Waals surface area contributed by atoms with E-state index >= 15 is 0 Å². The molecular weight excluding hydrogens is 238 g/mol. The number of likely N-dealkylation sites (tertiary alicyclic amines) is 1. The van der Waals surface area contributed by atoms with Gasteiger partial charge in [0.1, 0.15) is 0 Å². The third-order valence-corrected chi connectivity index (χ3v) is 5.24. The Bertz CT molecular complexity index is 306. The van der Waals surface area contributed by atoms with Crippen LogP contribution in [0.25, 0.3) is 0 Å². The van der Waals surface area contributed by atoms with Gasteiger partial charge in [0.2, 0.25) is 0 Å². The van der Waals surface area contributed by atoms with Crippen LogP contribution in [-0.2, 0) is 4.79 Å². The van der Waals surface area contributed by atoms with Crippen LogP contribution >= 0.6 is 0 Å². The second kappa shape index (κ2) is 6.25. The Morgan fingerprint density at radius 2 is 1.79 bits per heavy atom. The van der Waals surface area contributed by atoms with Crippen LogP contribution in [0.4, 0.5) is 0 Å². The monoisotopic (exact) mass is 267 g/mol. The maximum Gasteiger partial charge on any atom is 0.303 e. The molecule has 0 radical (unpaired) electrons. The van der Waals surface area contributed by atoms with Gasteiger partial charge in [-0.3, -0.25) is 9.69 Å². The average molecular weight is 267 g/mol. The number of rotatable bonds is 3. The quantitative estimate of drug-likeness (QED) is 0.795. The van der Waals surface area contributed by atoms with E-state index in [9.17, 15) is 4.79 Å². The Balaban J connectivity index is 1.94. The first-order chi connectivity index (χ1) is 8.99. The van der Waals surface area contributed by atoms with Gasteiger partial charge in [0.25, 0.3) is 0 Å². The van der Waals surface area contributed by atoms with E-state index in [0.717, 1.165) is 25.6 Å². The lowest BCUT2D eigenvalue weighted by Gasteiger charge is -2.47. The predicted octanol–water partition coefficient (Wildman–Crippen LogP) is 3.53. The van der Waals surface area contributed by atoms with Crippen molar-refractivity contribution in [2.45, 2.75) is 71.3 Å². The van der Waals surface area contributed by atoms with Crippen LogP contribution in [0.3, 0.4) is 0 Å². The van der Waals surface area contributed by atoms with Crippen LogP contribution in [0.1, 0.15) is 65.2 Å². The first kappa shape index (κ1) is 14.8. The number of piperidine rings is 1. The molecule has 2 fully saturated rings. The Hall–Kier alpha value is -0.570. The standard InChI is InChI=1S/C16H29NO2/c1-16(2)12-17(10-9-13(16)11-15(18)19)14-7-5-3-4-6-8-14/h13-14H,3-12H2,1-2H3,(H,18,19). The van der Waals surface area contributed by atoms with Crippen LogP contribution in [0.15, 0.2) is 0 Å². The highest BCUT2D eigenvalue weighted by Crippen LogP contribution is 2.39. The minimum Gasteiger partial charge on any atom is -0.481 e. The molecule has 1 saturated carbocycles. The summed E-state index contributed by atoms with van der Waals surface area (Å²) in [4.78, 5) is 13.6. The van der Waals surface area contributed by atoms with Crippen molar-refractivity contribution in [3.8, 4) is 0 Å².